The molecule has 0 aliphatic heterocycles. The number of carboxylic acids is 1. The molecule has 0 atom stereocenters. The second kappa shape index (κ2) is 9.37. The average molecular weight is 387 g/mol. The molecule has 0 unspecified atom stereocenters. The minimum Gasteiger partial charge on any atom is -0.507 e. The zero-order valence-electron chi connectivity index (χ0n) is 15.7. The highest BCUT2D eigenvalue weighted by molar-refractivity contribution is 6.38. The molecular weight excluding hydrogens is 366 g/mol. The van der Waals surface area contributed by atoms with Crippen molar-refractivity contribution in [3.63, 3.8) is 0 Å². The molecule has 5 nitrogen and oxygen atoms in total. The molecule has 0 saturated heterocycles. The van der Waals surface area contributed by atoms with Crippen molar-refractivity contribution >= 4 is 23.2 Å². The molecule has 0 amide bonds. The Bertz CT molecular complexity index is 972. The van der Waals surface area contributed by atoms with Crippen molar-refractivity contribution in [2.24, 2.45) is 0 Å². The van der Waals surface area contributed by atoms with E-state index in [0.717, 1.165) is 17.2 Å². The van der Waals surface area contributed by atoms with Crippen molar-refractivity contribution in [1.82, 2.24) is 0 Å². The van der Waals surface area contributed by atoms with Gasteiger partial charge < -0.3 is 15.1 Å². The number of carbonyl (C=O) groups excluding carboxylic acids is 1. The zero-order valence-corrected chi connectivity index (χ0v) is 15.7. The number of nitrogens with zero attached hydrogens (tertiary/aromatic N) is 1. The van der Waals surface area contributed by atoms with Gasteiger partial charge in [-0.3, -0.25) is 4.79 Å². The van der Waals surface area contributed by atoms with Gasteiger partial charge >= 0.3 is 5.97 Å². The Morgan fingerprint density at radius 3 is 1.72 bits per heavy atom. The van der Waals surface area contributed by atoms with Crippen LogP contribution in [0.15, 0.2) is 91.0 Å². The largest absolute Gasteiger partial charge is 0.507 e. The minimum absolute atomic E-state index is 0.376. The first-order valence-electron chi connectivity index (χ1n) is 9.14. The van der Waals surface area contributed by atoms with Crippen LogP contribution in [-0.4, -0.2) is 22.0 Å². The van der Waals surface area contributed by atoms with Gasteiger partial charge in [-0.25, -0.2) is 4.79 Å². The van der Waals surface area contributed by atoms with Gasteiger partial charge in [0.1, 0.15) is 5.76 Å². The highest BCUT2D eigenvalue weighted by Gasteiger charge is 2.17. The molecule has 0 aliphatic rings. The normalized spacial score (nSPS) is 11.1. The lowest BCUT2D eigenvalue weighted by Crippen LogP contribution is -2.23. The number of benzene rings is 3. The smallest absolute Gasteiger partial charge is 0.376 e. The number of anilines is 1. The molecule has 3 aromatic rings. The van der Waals surface area contributed by atoms with Crippen LogP contribution in [0.3, 0.4) is 0 Å². The van der Waals surface area contributed by atoms with Crippen LogP contribution < -0.4 is 4.90 Å². The number of ketones is 1. The Labute approximate surface area is 169 Å². The van der Waals surface area contributed by atoms with E-state index in [2.05, 4.69) is 4.90 Å². The molecular formula is C24H21NO4. The summed E-state index contributed by atoms with van der Waals surface area (Å²) in [6, 6.07) is 26.9. The summed E-state index contributed by atoms with van der Waals surface area (Å²) in [4.78, 5) is 24.5. The highest BCUT2D eigenvalue weighted by atomic mass is 16.4. The molecule has 0 bridgehead atoms. The Balaban J connectivity index is 2.01. The molecule has 3 aromatic carbocycles. The summed E-state index contributed by atoms with van der Waals surface area (Å²) in [6.07, 6.45) is 0.740. The summed E-state index contributed by atoms with van der Waals surface area (Å²) in [5.41, 5.74) is 3.27. The van der Waals surface area contributed by atoms with Crippen molar-refractivity contribution in [2.75, 3.05) is 4.90 Å². The second-order valence-corrected chi connectivity index (χ2v) is 6.54. The Hall–Kier alpha value is -3.86. The van der Waals surface area contributed by atoms with Crippen LogP contribution in [0.5, 0.6) is 0 Å². The molecule has 0 heterocycles. The van der Waals surface area contributed by atoms with E-state index < -0.39 is 11.8 Å². The van der Waals surface area contributed by atoms with E-state index in [-0.39, 0.29) is 5.76 Å². The van der Waals surface area contributed by atoms with Gasteiger partial charge in [0.2, 0.25) is 0 Å². The van der Waals surface area contributed by atoms with Crippen LogP contribution in [0.2, 0.25) is 0 Å². The van der Waals surface area contributed by atoms with E-state index in [1.165, 1.54) is 0 Å². The van der Waals surface area contributed by atoms with E-state index in [0.29, 0.717) is 24.3 Å². The van der Waals surface area contributed by atoms with Gasteiger partial charge in [0, 0.05) is 30.4 Å². The van der Waals surface area contributed by atoms with Gasteiger partial charge in [-0.2, -0.15) is 0 Å². The molecule has 0 fully saturated rings. The fourth-order valence-corrected chi connectivity index (χ4v) is 3.06. The average Bonchev–Trinajstić information content (AvgIpc) is 2.74. The first-order chi connectivity index (χ1) is 14.0. The lowest BCUT2D eigenvalue weighted by molar-refractivity contribution is -0.146. The minimum atomic E-state index is -1.61. The van der Waals surface area contributed by atoms with Crippen LogP contribution >= 0.6 is 0 Å². The topological polar surface area (TPSA) is 77.8 Å². The van der Waals surface area contributed by atoms with Crippen LogP contribution in [-0.2, 0) is 22.7 Å². The Kier molecular flexibility index (Phi) is 6.43. The maximum atomic E-state index is 11.5. The molecule has 29 heavy (non-hydrogen) atoms. The molecule has 5 heteroatoms. The third-order valence-corrected chi connectivity index (χ3v) is 4.43. The maximum Gasteiger partial charge on any atom is 0.376 e. The summed E-state index contributed by atoms with van der Waals surface area (Å²) in [6.45, 7) is 1.15. The number of carbonyl (C=O) groups is 2. The van der Waals surface area contributed by atoms with Crippen LogP contribution in [0.25, 0.3) is 5.76 Å². The molecule has 0 spiro atoms. The first kappa shape index (κ1) is 19.9. The van der Waals surface area contributed by atoms with Crippen LogP contribution in [0.1, 0.15) is 16.7 Å². The number of para-hydroxylation sites is 1. The lowest BCUT2D eigenvalue weighted by Gasteiger charge is -2.27. The summed E-state index contributed by atoms with van der Waals surface area (Å²) in [5.74, 6) is -3.16. The summed E-state index contributed by atoms with van der Waals surface area (Å²) >= 11 is 0. The second-order valence-electron chi connectivity index (χ2n) is 6.54. The van der Waals surface area contributed by atoms with Crippen molar-refractivity contribution in [2.45, 2.75) is 13.1 Å². The van der Waals surface area contributed by atoms with Crippen LogP contribution in [0.4, 0.5) is 5.69 Å². The molecule has 3 rings (SSSR count). The molecule has 2 N–H and O–H groups in total. The van der Waals surface area contributed by atoms with Crippen molar-refractivity contribution in [3.05, 3.63) is 108 Å². The molecule has 0 saturated carbocycles. The number of hydrogen-bond acceptors (Lipinski definition) is 4. The fourth-order valence-electron chi connectivity index (χ4n) is 3.06. The summed E-state index contributed by atoms with van der Waals surface area (Å²) < 4.78 is 0. The van der Waals surface area contributed by atoms with Gasteiger partial charge in [0.25, 0.3) is 5.78 Å². The predicted molar refractivity (Wildman–Crippen MR) is 112 cm³/mol. The lowest BCUT2D eigenvalue weighted by atomic mass is 10.1. The number of aliphatic carboxylic acids is 1. The molecule has 146 valence electrons. The van der Waals surface area contributed by atoms with Gasteiger partial charge in [-0.1, -0.05) is 72.8 Å². The standard InChI is InChI=1S/C24H21NO4/c26-22(15-23(27)24(28)29)20-13-7-8-14-21(20)25(16-18-9-3-1-4-10-18)17-19-11-5-2-6-12-19/h1-15,26H,16-17H2,(H,28,29). The Morgan fingerprint density at radius 1 is 0.724 bits per heavy atom. The van der Waals surface area contributed by atoms with Crippen LogP contribution in [0, 0.1) is 0 Å². The predicted octanol–water partition coefficient (Wildman–Crippen LogP) is 4.45. The van der Waals surface area contributed by atoms with E-state index in [1.54, 1.807) is 12.1 Å². The van der Waals surface area contributed by atoms with Gasteiger partial charge in [0.05, 0.1) is 0 Å². The molecule has 0 aromatic heterocycles. The Morgan fingerprint density at radius 2 is 1.21 bits per heavy atom. The van der Waals surface area contributed by atoms with Crippen molar-refractivity contribution in [1.29, 1.82) is 0 Å². The quantitative estimate of drug-likeness (QED) is 0.339. The van der Waals surface area contributed by atoms with E-state index in [9.17, 15) is 14.7 Å². The number of hydrogen-bond donors (Lipinski definition) is 2. The van der Waals surface area contributed by atoms with E-state index >= 15 is 0 Å². The third kappa shape index (κ3) is 5.32. The van der Waals surface area contributed by atoms with Gasteiger partial charge in [-0.05, 0) is 23.3 Å². The molecule has 0 radical (unpaired) electrons. The monoisotopic (exact) mass is 387 g/mol. The SMILES string of the molecule is O=C(O)C(=O)C=C(O)c1ccccc1N(Cc1ccccc1)Cc1ccccc1. The van der Waals surface area contributed by atoms with E-state index in [1.807, 2.05) is 72.8 Å². The van der Waals surface area contributed by atoms with Crippen molar-refractivity contribution < 1.29 is 19.8 Å². The highest BCUT2D eigenvalue weighted by Crippen LogP contribution is 2.29. The van der Waals surface area contributed by atoms with Gasteiger partial charge in [-0.15, -0.1) is 0 Å². The first-order valence-corrected chi connectivity index (χ1v) is 9.14. The molecule has 0 aliphatic carbocycles. The summed E-state index contributed by atoms with van der Waals surface area (Å²) in [7, 11) is 0. The number of aliphatic hydroxyl groups excluding tert-OH is 1. The third-order valence-electron chi connectivity index (χ3n) is 4.43. The number of rotatable bonds is 8. The zero-order chi connectivity index (χ0) is 20.6. The summed E-state index contributed by atoms with van der Waals surface area (Å²) in [5, 5.41) is 19.3. The van der Waals surface area contributed by atoms with Crippen molar-refractivity contribution in [3.8, 4) is 0 Å². The number of aliphatic hydroxyl groups is 1. The van der Waals surface area contributed by atoms with Gasteiger partial charge in [0.15, 0.2) is 0 Å². The fraction of sp³-hybridized carbons (Fsp3) is 0.0833. The van der Waals surface area contributed by atoms with E-state index in [4.69, 9.17) is 5.11 Å². The maximum absolute atomic E-state index is 11.5. The number of carboxylic acid groups (broad SMARTS) is 1.